The number of carboxylic acids is 1. The van der Waals surface area contributed by atoms with E-state index in [1.165, 1.54) is 109 Å². The standard InChI is InChI=1S/C28H57NO3/c1-2-3-4-5-6-7-8-9-10-11-12-13-14-15-18-21-24-29(26-27-30)25-22-19-16-17-20-23-28(31)32/h30H,2-27H2,1H3,(H,31,32). The van der Waals surface area contributed by atoms with Gasteiger partial charge in [-0.3, -0.25) is 4.79 Å². The van der Waals surface area contributed by atoms with Crippen molar-refractivity contribution in [3.05, 3.63) is 0 Å². The molecule has 32 heavy (non-hydrogen) atoms. The van der Waals surface area contributed by atoms with E-state index >= 15 is 0 Å². The summed E-state index contributed by atoms with van der Waals surface area (Å²) < 4.78 is 0. The van der Waals surface area contributed by atoms with Gasteiger partial charge < -0.3 is 15.1 Å². The largest absolute Gasteiger partial charge is 0.481 e. The first-order valence-electron chi connectivity index (χ1n) is 14.3. The van der Waals surface area contributed by atoms with Crippen LogP contribution in [0.15, 0.2) is 0 Å². The summed E-state index contributed by atoms with van der Waals surface area (Å²) in [4.78, 5) is 12.9. The van der Waals surface area contributed by atoms with Crippen molar-refractivity contribution >= 4 is 5.97 Å². The van der Waals surface area contributed by atoms with Crippen molar-refractivity contribution in [3.8, 4) is 0 Å². The first-order valence-corrected chi connectivity index (χ1v) is 14.3. The number of hydrogen-bond donors (Lipinski definition) is 2. The Morgan fingerprint density at radius 2 is 0.875 bits per heavy atom. The van der Waals surface area contributed by atoms with Crippen molar-refractivity contribution in [1.29, 1.82) is 0 Å². The summed E-state index contributed by atoms with van der Waals surface area (Å²) in [5.41, 5.74) is 0. The lowest BCUT2D eigenvalue weighted by Gasteiger charge is -2.21. The van der Waals surface area contributed by atoms with Crippen LogP contribution in [0.5, 0.6) is 0 Å². The van der Waals surface area contributed by atoms with Gasteiger partial charge in [-0.1, -0.05) is 122 Å². The summed E-state index contributed by atoms with van der Waals surface area (Å²) >= 11 is 0. The second kappa shape index (κ2) is 26.6. The van der Waals surface area contributed by atoms with Crippen LogP contribution in [-0.2, 0) is 4.79 Å². The normalized spacial score (nSPS) is 11.5. The fourth-order valence-corrected chi connectivity index (χ4v) is 4.50. The summed E-state index contributed by atoms with van der Waals surface area (Å²) in [6.45, 7) is 5.50. The molecule has 2 N–H and O–H groups in total. The number of nitrogens with zero attached hydrogens (tertiary/aromatic N) is 1. The third-order valence-corrected chi connectivity index (χ3v) is 6.61. The Morgan fingerprint density at radius 3 is 1.22 bits per heavy atom. The lowest BCUT2D eigenvalue weighted by molar-refractivity contribution is -0.137. The maximum absolute atomic E-state index is 10.5. The Bertz CT molecular complexity index is 376. The molecule has 0 atom stereocenters. The van der Waals surface area contributed by atoms with Gasteiger partial charge in [-0.25, -0.2) is 0 Å². The first-order chi connectivity index (χ1) is 15.7. The van der Waals surface area contributed by atoms with Crippen LogP contribution in [0.4, 0.5) is 0 Å². The van der Waals surface area contributed by atoms with Crippen molar-refractivity contribution < 1.29 is 15.0 Å². The van der Waals surface area contributed by atoms with E-state index in [0.717, 1.165) is 45.3 Å². The maximum atomic E-state index is 10.5. The Labute approximate surface area is 200 Å². The summed E-state index contributed by atoms with van der Waals surface area (Å²) in [5.74, 6) is -0.682. The quantitative estimate of drug-likeness (QED) is 0.123. The van der Waals surface area contributed by atoms with Gasteiger partial charge in [-0.05, 0) is 32.4 Å². The molecule has 0 bridgehead atoms. The summed E-state index contributed by atoms with van der Waals surface area (Å²) in [6, 6.07) is 0. The molecular weight excluding hydrogens is 398 g/mol. The molecule has 0 heterocycles. The van der Waals surface area contributed by atoms with Crippen LogP contribution in [0.3, 0.4) is 0 Å². The SMILES string of the molecule is CCCCCCCCCCCCCCCCCCN(CCO)CCCCCCCC(=O)O. The zero-order valence-electron chi connectivity index (χ0n) is 21.6. The number of aliphatic carboxylic acids is 1. The topological polar surface area (TPSA) is 60.8 Å². The highest BCUT2D eigenvalue weighted by Gasteiger charge is 2.04. The predicted molar refractivity (Wildman–Crippen MR) is 138 cm³/mol. The number of unbranched alkanes of at least 4 members (excludes halogenated alkanes) is 19. The molecule has 0 aromatic carbocycles. The zero-order chi connectivity index (χ0) is 23.5. The minimum atomic E-state index is -0.682. The van der Waals surface area contributed by atoms with Gasteiger partial charge in [0.25, 0.3) is 0 Å². The molecule has 0 fully saturated rings. The number of rotatable bonds is 27. The van der Waals surface area contributed by atoms with E-state index < -0.39 is 5.97 Å². The molecule has 0 aromatic rings. The fourth-order valence-electron chi connectivity index (χ4n) is 4.50. The third-order valence-electron chi connectivity index (χ3n) is 6.61. The van der Waals surface area contributed by atoms with E-state index in [2.05, 4.69) is 11.8 Å². The highest BCUT2D eigenvalue weighted by molar-refractivity contribution is 5.66. The molecule has 0 aliphatic rings. The predicted octanol–water partition coefficient (Wildman–Crippen LogP) is 7.97. The number of hydrogen-bond acceptors (Lipinski definition) is 3. The summed E-state index contributed by atoms with van der Waals surface area (Å²) in [7, 11) is 0. The fraction of sp³-hybridized carbons (Fsp3) is 0.964. The molecule has 0 aliphatic carbocycles. The molecule has 0 saturated heterocycles. The first kappa shape index (κ1) is 31.4. The van der Waals surface area contributed by atoms with E-state index in [1.807, 2.05) is 0 Å². The van der Waals surface area contributed by atoms with E-state index in [1.54, 1.807) is 0 Å². The average molecular weight is 456 g/mol. The van der Waals surface area contributed by atoms with E-state index in [-0.39, 0.29) is 6.61 Å². The Morgan fingerprint density at radius 1 is 0.531 bits per heavy atom. The smallest absolute Gasteiger partial charge is 0.303 e. The molecule has 0 radical (unpaired) electrons. The van der Waals surface area contributed by atoms with Gasteiger partial charge in [0, 0.05) is 13.0 Å². The molecule has 0 saturated carbocycles. The molecule has 0 unspecified atom stereocenters. The van der Waals surface area contributed by atoms with Crippen molar-refractivity contribution in [2.24, 2.45) is 0 Å². The van der Waals surface area contributed by atoms with Crippen LogP contribution < -0.4 is 0 Å². The van der Waals surface area contributed by atoms with E-state index in [9.17, 15) is 9.90 Å². The second-order valence-electron chi connectivity index (χ2n) is 9.78. The van der Waals surface area contributed by atoms with Crippen LogP contribution in [-0.4, -0.2) is 47.3 Å². The molecule has 0 amide bonds. The molecule has 0 spiro atoms. The molecule has 4 nitrogen and oxygen atoms in total. The third kappa shape index (κ3) is 25.6. The number of carboxylic acid groups (broad SMARTS) is 1. The molecule has 4 heteroatoms. The minimum Gasteiger partial charge on any atom is -0.481 e. The molecule has 0 aromatic heterocycles. The average Bonchev–Trinajstić information content (AvgIpc) is 2.77. The van der Waals surface area contributed by atoms with Crippen LogP contribution in [0.2, 0.25) is 0 Å². The lowest BCUT2D eigenvalue weighted by atomic mass is 10.0. The molecule has 0 rings (SSSR count). The minimum absolute atomic E-state index is 0.247. The van der Waals surface area contributed by atoms with Crippen molar-refractivity contribution in [2.75, 3.05) is 26.2 Å². The molecular formula is C28H57NO3. The second-order valence-corrected chi connectivity index (χ2v) is 9.78. The van der Waals surface area contributed by atoms with Crippen molar-refractivity contribution in [3.63, 3.8) is 0 Å². The van der Waals surface area contributed by atoms with E-state index in [0.29, 0.717) is 6.42 Å². The van der Waals surface area contributed by atoms with Gasteiger partial charge in [-0.15, -0.1) is 0 Å². The molecule has 0 aliphatic heterocycles. The molecule has 192 valence electrons. The van der Waals surface area contributed by atoms with Gasteiger partial charge in [0.15, 0.2) is 0 Å². The summed E-state index contributed by atoms with van der Waals surface area (Å²) in [5, 5.41) is 18.0. The highest BCUT2D eigenvalue weighted by Crippen LogP contribution is 2.14. The number of aliphatic hydroxyl groups is 1. The van der Waals surface area contributed by atoms with Gasteiger partial charge in [0.1, 0.15) is 0 Å². The van der Waals surface area contributed by atoms with Crippen LogP contribution in [0.1, 0.15) is 148 Å². The van der Waals surface area contributed by atoms with E-state index in [4.69, 9.17) is 5.11 Å². The van der Waals surface area contributed by atoms with Gasteiger partial charge in [0.05, 0.1) is 6.61 Å². The zero-order valence-corrected chi connectivity index (χ0v) is 21.6. The van der Waals surface area contributed by atoms with Gasteiger partial charge in [-0.2, -0.15) is 0 Å². The van der Waals surface area contributed by atoms with Gasteiger partial charge >= 0.3 is 5.97 Å². The van der Waals surface area contributed by atoms with Crippen LogP contribution in [0.25, 0.3) is 0 Å². The maximum Gasteiger partial charge on any atom is 0.303 e. The van der Waals surface area contributed by atoms with Crippen LogP contribution >= 0.6 is 0 Å². The van der Waals surface area contributed by atoms with Gasteiger partial charge in [0.2, 0.25) is 0 Å². The monoisotopic (exact) mass is 455 g/mol. The van der Waals surface area contributed by atoms with Crippen molar-refractivity contribution in [2.45, 2.75) is 148 Å². The lowest BCUT2D eigenvalue weighted by Crippen LogP contribution is -2.29. The van der Waals surface area contributed by atoms with Crippen LogP contribution in [0, 0.1) is 0 Å². The van der Waals surface area contributed by atoms with Crippen molar-refractivity contribution in [1.82, 2.24) is 4.90 Å². The Balaban J connectivity index is 3.36. The highest BCUT2D eigenvalue weighted by atomic mass is 16.4. The summed E-state index contributed by atoms with van der Waals surface area (Å²) in [6.07, 6.45) is 28.0. The Kier molecular flexibility index (Phi) is 26.1. The Hall–Kier alpha value is -0.610. The number of carbonyl (C=O) groups is 1. The number of aliphatic hydroxyl groups excluding tert-OH is 1.